The molecule has 0 unspecified atom stereocenters. The molecular formula is C15H16ClN3O. The topological polar surface area (TPSA) is 59.2 Å². The van der Waals surface area contributed by atoms with Crippen molar-refractivity contribution in [2.45, 2.75) is 13.3 Å². The van der Waals surface area contributed by atoms with Crippen molar-refractivity contribution in [2.75, 3.05) is 17.2 Å². The Hall–Kier alpha value is -2.07. The highest BCUT2D eigenvalue weighted by atomic mass is 35.5. The van der Waals surface area contributed by atoms with E-state index in [1.165, 1.54) is 6.20 Å². The lowest BCUT2D eigenvalue weighted by molar-refractivity contribution is 0.0987. The van der Waals surface area contributed by atoms with Gasteiger partial charge in [0.1, 0.15) is 0 Å². The van der Waals surface area contributed by atoms with E-state index < -0.39 is 0 Å². The Labute approximate surface area is 123 Å². The fourth-order valence-corrected chi connectivity index (χ4v) is 2.16. The molecule has 104 valence electrons. The summed E-state index contributed by atoms with van der Waals surface area (Å²) in [6.07, 6.45) is 3.87. The van der Waals surface area contributed by atoms with E-state index >= 15 is 0 Å². The molecule has 20 heavy (non-hydrogen) atoms. The molecule has 0 atom stereocenters. The molecule has 1 aromatic carbocycles. The zero-order chi connectivity index (χ0) is 14.5. The van der Waals surface area contributed by atoms with Gasteiger partial charge >= 0.3 is 0 Å². The third-order valence-electron chi connectivity index (χ3n) is 2.88. The highest BCUT2D eigenvalue weighted by molar-refractivity contribution is 6.34. The van der Waals surface area contributed by atoms with Crippen LogP contribution in [-0.2, 0) is 0 Å². The van der Waals surface area contributed by atoms with Crippen LogP contribution in [0.25, 0.3) is 0 Å². The van der Waals surface area contributed by atoms with Gasteiger partial charge < -0.3 is 10.6 Å². The molecule has 0 saturated carbocycles. The minimum atomic E-state index is -0.148. The average Bonchev–Trinajstić information content (AvgIpc) is 2.44. The van der Waals surface area contributed by atoms with Crippen LogP contribution in [-0.4, -0.2) is 17.4 Å². The Morgan fingerprint density at radius 2 is 2.20 bits per heavy atom. The molecule has 0 bridgehead atoms. The van der Waals surface area contributed by atoms with E-state index in [-0.39, 0.29) is 5.91 Å². The molecule has 0 radical (unpaired) electrons. The van der Waals surface area contributed by atoms with Gasteiger partial charge in [0.2, 0.25) is 0 Å². The van der Waals surface area contributed by atoms with Crippen LogP contribution in [0.5, 0.6) is 0 Å². The summed E-state index contributed by atoms with van der Waals surface area (Å²) in [7, 11) is 0. The van der Waals surface area contributed by atoms with Crippen molar-refractivity contribution in [3.05, 3.63) is 53.3 Å². The minimum Gasteiger partial charge on any atom is -0.399 e. The lowest BCUT2D eigenvalue weighted by atomic mass is 10.2. The summed E-state index contributed by atoms with van der Waals surface area (Å²) in [4.78, 5) is 18.2. The van der Waals surface area contributed by atoms with Crippen LogP contribution in [0.4, 0.5) is 11.4 Å². The summed E-state index contributed by atoms with van der Waals surface area (Å²) >= 11 is 6.05. The Kier molecular flexibility index (Phi) is 4.58. The maximum atomic E-state index is 12.6. The highest BCUT2D eigenvalue weighted by Crippen LogP contribution is 2.23. The van der Waals surface area contributed by atoms with E-state index in [4.69, 9.17) is 17.3 Å². The van der Waals surface area contributed by atoms with Crippen LogP contribution in [0.15, 0.2) is 42.7 Å². The number of nitrogen functional groups attached to an aromatic ring is 1. The number of halogens is 1. The van der Waals surface area contributed by atoms with E-state index in [0.29, 0.717) is 22.8 Å². The van der Waals surface area contributed by atoms with Crippen molar-refractivity contribution >= 4 is 28.9 Å². The molecule has 0 saturated heterocycles. The van der Waals surface area contributed by atoms with Crippen molar-refractivity contribution in [2.24, 2.45) is 0 Å². The van der Waals surface area contributed by atoms with E-state index in [0.717, 1.165) is 12.1 Å². The normalized spacial score (nSPS) is 10.3. The largest absolute Gasteiger partial charge is 0.399 e. The first kappa shape index (κ1) is 14.3. The molecule has 2 rings (SSSR count). The standard InChI is InChI=1S/C15H16ClN3O/c1-2-8-19(12-5-3-4-11(17)9-12)15(20)13-6-7-18-10-14(13)16/h3-7,9-10H,2,8,17H2,1H3. The highest BCUT2D eigenvalue weighted by Gasteiger charge is 2.19. The second-order valence-electron chi connectivity index (χ2n) is 4.41. The summed E-state index contributed by atoms with van der Waals surface area (Å²) < 4.78 is 0. The molecule has 1 aromatic heterocycles. The Bertz CT molecular complexity index is 616. The molecule has 0 spiro atoms. The van der Waals surface area contributed by atoms with Crippen LogP contribution in [0.2, 0.25) is 5.02 Å². The molecule has 0 aliphatic heterocycles. The Morgan fingerprint density at radius 1 is 1.40 bits per heavy atom. The van der Waals surface area contributed by atoms with Crippen LogP contribution in [0, 0.1) is 0 Å². The van der Waals surface area contributed by atoms with Crippen molar-refractivity contribution in [3.8, 4) is 0 Å². The molecular weight excluding hydrogens is 274 g/mol. The van der Waals surface area contributed by atoms with E-state index in [9.17, 15) is 4.79 Å². The maximum Gasteiger partial charge on any atom is 0.259 e. The summed E-state index contributed by atoms with van der Waals surface area (Å²) in [6.45, 7) is 2.61. The number of pyridine rings is 1. The average molecular weight is 290 g/mol. The summed E-state index contributed by atoms with van der Waals surface area (Å²) in [5, 5.41) is 0.350. The smallest absolute Gasteiger partial charge is 0.259 e. The number of hydrogen-bond acceptors (Lipinski definition) is 3. The van der Waals surface area contributed by atoms with Gasteiger partial charge in [0.15, 0.2) is 0 Å². The quantitative estimate of drug-likeness (QED) is 0.878. The number of hydrogen-bond donors (Lipinski definition) is 1. The fourth-order valence-electron chi connectivity index (χ4n) is 1.96. The van der Waals surface area contributed by atoms with Crippen molar-refractivity contribution < 1.29 is 4.79 Å². The summed E-state index contributed by atoms with van der Waals surface area (Å²) in [5.41, 5.74) is 7.62. The minimum absolute atomic E-state index is 0.148. The maximum absolute atomic E-state index is 12.6. The Morgan fingerprint density at radius 3 is 2.85 bits per heavy atom. The monoisotopic (exact) mass is 289 g/mol. The van der Waals surface area contributed by atoms with Gasteiger partial charge in [-0.3, -0.25) is 9.78 Å². The lowest BCUT2D eigenvalue weighted by Crippen LogP contribution is -2.32. The number of carbonyl (C=O) groups excluding carboxylic acids is 1. The SMILES string of the molecule is CCCN(C(=O)c1ccncc1Cl)c1cccc(N)c1. The van der Waals surface area contributed by atoms with Crippen molar-refractivity contribution in [1.82, 2.24) is 4.98 Å². The predicted octanol–water partition coefficient (Wildman–Crippen LogP) is 3.37. The van der Waals surface area contributed by atoms with Gasteiger partial charge in [0.25, 0.3) is 5.91 Å². The number of amides is 1. The van der Waals surface area contributed by atoms with Gasteiger partial charge in [-0.1, -0.05) is 24.6 Å². The van der Waals surface area contributed by atoms with Gasteiger partial charge in [0, 0.05) is 30.3 Å². The van der Waals surface area contributed by atoms with Crippen LogP contribution in [0.1, 0.15) is 23.7 Å². The molecule has 1 amide bonds. The molecule has 4 nitrogen and oxygen atoms in total. The number of anilines is 2. The summed E-state index contributed by atoms with van der Waals surface area (Å²) in [5.74, 6) is -0.148. The third kappa shape index (κ3) is 3.08. The molecule has 0 aliphatic carbocycles. The van der Waals surface area contributed by atoms with Gasteiger partial charge in [-0.15, -0.1) is 0 Å². The molecule has 0 fully saturated rings. The van der Waals surface area contributed by atoms with Gasteiger partial charge in [0.05, 0.1) is 10.6 Å². The first-order valence-corrected chi connectivity index (χ1v) is 6.78. The van der Waals surface area contributed by atoms with Gasteiger partial charge in [-0.2, -0.15) is 0 Å². The van der Waals surface area contributed by atoms with Crippen molar-refractivity contribution in [3.63, 3.8) is 0 Å². The number of nitrogens with two attached hydrogens (primary N) is 1. The van der Waals surface area contributed by atoms with E-state index in [2.05, 4.69) is 4.98 Å². The number of benzene rings is 1. The van der Waals surface area contributed by atoms with Gasteiger partial charge in [-0.05, 0) is 30.7 Å². The van der Waals surface area contributed by atoms with E-state index in [1.807, 2.05) is 19.1 Å². The van der Waals surface area contributed by atoms with Gasteiger partial charge in [-0.25, -0.2) is 0 Å². The number of nitrogens with zero attached hydrogens (tertiary/aromatic N) is 2. The second-order valence-corrected chi connectivity index (χ2v) is 4.81. The first-order chi connectivity index (χ1) is 9.63. The zero-order valence-corrected chi connectivity index (χ0v) is 12.0. The molecule has 5 heteroatoms. The third-order valence-corrected chi connectivity index (χ3v) is 3.18. The first-order valence-electron chi connectivity index (χ1n) is 6.40. The molecule has 2 N–H and O–H groups in total. The lowest BCUT2D eigenvalue weighted by Gasteiger charge is -2.23. The van der Waals surface area contributed by atoms with E-state index in [1.54, 1.807) is 29.3 Å². The number of rotatable bonds is 4. The second kappa shape index (κ2) is 6.39. The molecule has 2 aromatic rings. The zero-order valence-electron chi connectivity index (χ0n) is 11.2. The Balaban J connectivity index is 2.39. The fraction of sp³-hybridized carbons (Fsp3) is 0.200. The number of carbonyl (C=O) groups is 1. The van der Waals surface area contributed by atoms with Crippen molar-refractivity contribution in [1.29, 1.82) is 0 Å². The van der Waals surface area contributed by atoms with Crippen LogP contribution in [0.3, 0.4) is 0 Å². The van der Waals surface area contributed by atoms with Crippen LogP contribution >= 0.6 is 11.6 Å². The summed E-state index contributed by atoms with van der Waals surface area (Å²) in [6, 6.07) is 8.88. The predicted molar refractivity (Wildman–Crippen MR) is 82.1 cm³/mol. The van der Waals surface area contributed by atoms with Crippen LogP contribution < -0.4 is 10.6 Å². The molecule has 0 aliphatic rings. The number of aromatic nitrogens is 1. The molecule has 1 heterocycles.